The van der Waals surface area contributed by atoms with E-state index in [4.69, 9.17) is 23.2 Å². The molecule has 0 spiro atoms. The van der Waals surface area contributed by atoms with Crippen molar-refractivity contribution in [2.45, 2.75) is 12.2 Å². The molecule has 0 amide bonds. The molecule has 0 saturated carbocycles. The summed E-state index contributed by atoms with van der Waals surface area (Å²) in [7, 11) is 0. The minimum absolute atomic E-state index is 0.314. The van der Waals surface area contributed by atoms with E-state index in [9.17, 15) is 0 Å². The molecule has 70 valence electrons. The molecule has 0 aliphatic heterocycles. The zero-order valence-corrected chi connectivity index (χ0v) is 10.5. The Bertz CT molecular complexity index is 293. The van der Waals surface area contributed by atoms with E-state index in [1.165, 1.54) is 0 Å². The Morgan fingerprint density at radius 3 is 2.38 bits per heavy atom. The van der Waals surface area contributed by atoms with Crippen LogP contribution in [-0.2, 0) is 0 Å². The second kappa shape index (κ2) is 5.72. The van der Waals surface area contributed by atoms with Crippen molar-refractivity contribution in [1.82, 2.24) is 0 Å². The van der Waals surface area contributed by atoms with Gasteiger partial charge in [-0.05, 0) is 0 Å². The summed E-state index contributed by atoms with van der Waals surface area (Å²) in [6.07, 6.45) is 0. The zero-order chi connectivity index (χ0) is 9.68. The van der Waals surface area contributed by atoms with Gasteiger partial charge in [0.25, 0.3) is 0 Å². The van der Waals surface area contributed by atoms with Gasteiger partial charge in [0.05, 0.1) is 0 Å². The summed E-state index contributed by atoms with van der Waals surface area (Å²) in [5.41, 5.74) is 1.00. The first-order chi connectivity index (χ1) is 6.25. The molecule has 0 bridgehead atoms. The summed E-state index contributed by atoms with van der Waals surface area (Å²) in [6.45, 7) is 2.11. The van der Waals surface area contributed by atoms with Gasteiger partial charge in [-0.15, -0.1) is 0 Å². The number of rotatable bonds is 3. The van der Waals surface area contributed by atoms with E-state index >= 15 is 0 Å². The van der Waals surface area contributed by atoms with Crippen LogP contribution in [0.3, 0.4) is 0 Å². The summed E-state index contributed by atoms with van der Waals surface area (Å²) in [5, 5.41) is 1.78. The normalized spacial score (nSPS) is 12.5. The Morgan fingerprint density at radius 2 is 1.85 bits per heavy atom. The molecule has 13 heavy (non-hydrogen) atoms. The fourth-order valence-electron chi connectivity index (χ4n) is 0.888. The fraction of sp³-hybridized carbons (Fsp3) is 0.200. The van der Waals surface area contributed by atoms with Crippen molar-refractivity contribution in [2.24, 2.45) is 0 Å². The molecule has 0 aromatic heterocycles. The van der Waals surface area contributed by atoms with Gasteiger partial charge < -0.3 is 0 Å². The second-order valence-corrected chi connectivity index (χ2v) is 6.32. The predicted molar refractivity (Wildman–Crippen MR) is 61.3 cm³/mol. The third-order valence-corrected chi connectivity index (χ3v) is 4.55. The van der Waals surface area contributed by atoms with Gasteiger partial charge in [0, 0.05) is 0 Å². The van der Waals surface area contributed by atoms with E-state index in [-0.39, 0.29) is 0 Å². The zero-order valence-electron chi connectivity index (χ0n) is 7.26. The molecule has 3 heteroatoms. The van der Waals surface area contributed by atoms with Crippen LogP contribution in [-0.4, -0.2) is 15.0 Å². The van der Waals surface area contributed by atoms with Gasteiger partial charge in [0.2, 0.25) is 0 Å². The third-order valence-electron chi connectivity index (χ3n) is 1.47. The molecule has 1 rings (SSSR count). The van der Waals surface area contributed by atoms with E-state index in [0.29, 0.717) is 20.0 Å². The van der Waals surface area contributed by atoms with Gasteiger partial charge in [-0.25, -0.2) is 0 Å². The first kappa shape index (κ1) is 11.1. The van der Waals surface area contributed by atoms with Crippen LogP contribution >= 0.6 is 23.2 Å². The van der Waals surface area contributed by atoms with Crippen molar-refractivity contribution in [3.05, 3.63) is 39.8 Å². The minimum atomic E-state index is 0.314. The molecule has 0 heterocycles. The number of benzene rings is 1. The Kier molecular flexibility index (Phi) is 4.90. The molecule has 0 saturated heterocycles. The topological polar surface area (TPSA) is 0 Å². The van der Waals surface area contributed by atoms with Crippen molar-refractivity contribution in [3.63, 3.8) is 0 Å². The van der Waals surface area contributed by atoms with E-state index in [2.05, 4.69) is 6.92 Å². The molecular weight excluding hydrogens is 270 g/mol. The van der Waals surface area contributed by atoms with Gasteiger partial charge in [0.15, 0.2) is 0 Å². The average Bonchev–Trinajstić information content (AvgIpc) is 2.18. The van der Waals surface area contributed by atoms with Crippen molar-refractivity contribution < 1.29 is 0 Å². The molecule has 0 N–H and O–H groups in total. The summed E-state index contributed by atoms with van der Waals surface area (Å²) >= 11 is 12.5. The first-order valence-electron chi connectivity index (χ1n) is 3.99. The molecule has 0 aliphatic rings. The average molecular weight is 280 g/mol. The van der Waals surface area contributed by atoms with Gasteiger partial charge in [-0.2, -0.15) is 0 Å². The molecule has 0 radical (unpaired) electrons. The molecule has 1 aromatic carbocycles. The number of hydrogen-bond donors (Lipinski definition) is 0. The predicted octanol–water partition coefficient (Wildman–Crippen LogP) is 3.93. The van der Waals surface area contributed by atoms with Crippen molar-refractivity contribution in [1.29, 1.82) is 0 Å². The Hall–Kier alpha value is 0.0595. The number of halogens is 2. The van der Waals surface area contributed by atoms with Crippen LogP contribution in [0.4, 0.5) is 0 Å². The summed E-state index contributed by atoms with van der Waals surface area (Å²) < 4.78 is 0.808. The second-order valence-electron chi connectivity index (χ2n) is 2.39. The molecule has 0 fully saturated rings. The fourth-order valence-corrected chi connectivity index (χ4v) is 3.02. The molecular formula is C10H10Cl2Se. The van der Waals surface area contributed by atoms with Gasteiger partial charge in [-0.3, -0.25) is 0 Å². The van der Waals surface area contributed by atoms with Crippen LogP contribution in [0, 0.1) is 0 Å². The van der Waals surface area contributed by atoms with E-state index in [1.54, 1.807) is 0 Å². The number of hydrogen-bond acceptors (Lipinski definition) is 0. The van der Waals surface area contributed by atoms with Crippen LogP contribution in [0.2, 0.25) is 5.32 Å². The molecule has 1 aromatic rings. The molecule has 0 nitrogen and oxygen atoms in total. The van der Waals surface area contributed by atoms with Crippen LogP contribution in [0.15, 0.2) is 34.3 Å². The Labute approximate surface area is 95.1 Å². The summed E-state index contributed by atoms with van der Waals surface area (Å²) in [5.74, 6) is 0. The van der Waals surface area contributed by atoms with Crippen molar-refractivity contribution >= 4 is 43.2 Å². The Balaban J connectivity index is 2.89. The van der Waals surface area contributed by atoms with Gasteiger partial charge >= 0.3 is 95.3 Å². The standard InChI is InChI=1S/C10H10Cl2Se/c1-2-13-10(12)9(11)8-6-4-3-5-7-8/h3-7H,2H2,1H3/b10-9+. The molecule has 0 atom stereocenters. The summed E-state index contributed by atoms with van der Waals surface area (Å²) in [6, 6.07) is 9.82. The van der Waals surface area contributed by atoms with Gasteiger partial charge in [0.1, 0.15) is 0 Å². The van der Waals surface area contributed by atoms with E-state index < -0.39 is 0 Å². The quantitative estimate of drug-likeness (QED) is 0.736. The molecule has 0 unspecified atom stereocenters. The third kappa shape index (κ3) is 3.36. The molecule has 0 aliphatic carbocycles. The van der Waals surface area contributed by atoms with Crippen LogP contribution in [0.5, 0.6) is 0 Å². The SMILES string of the molecule is CC[Se]/C(Cl)=C(/Cl)c1ccccc1. The van der Waals surface area contributed by atoms with Crippen LogP contribution in [0.1, 0.15) is 12.5 Å². The first-order valence-corrected chi connectivity index (χ1v) is 6.81. The maximum atomic E-state index is 6.10. The van der Waals surface area contributed by atoms with Crippen LogP contribution in [0.25, 0.3) is 5.03 Å². The van der Waals surface area contributed by atoms with Crippen LogP contribution < -0.4 is 0 Å². The monoisotopic (exact) mass is 280 g/mol. The van der Waals surface area contributed by atoms with Crippen molar-refractivity contribution in [3.8, 4) is 0 Å². The Morgan fingerprint density at radius 1 is 1.23 bits per heavy atom. The summed E-state index contributed by atoms with van der Waals surface area (Å²) in [4.78, 5) is 0. The van der Waals surface area contributed by atoms with Crippen molar-refractivity contribution in [2.75, 3.05) is 0 Å². The van der Waals surface area contributed by atoms with E-state index in [0.717, 1.165) is 14.8 Å². The maximum absolute atomic E-state index is 6.10. The van der Waals surface area contributed by atoms with Gasteiger partial charge in [-0.1, -0.05) is 0 Å². The van der Waals surface area contributed by atoms with E-state index in [1.807, 2.05) is 30.3 Å².